The van der Waals surface area contributed by atoms with E-state index in [1.807, 2.05) is 206 Å². The van der Waals surface area contributed by atoms with Crippen LogP contribution in [0.2, 0.25) is 0 Å². The van der Waals surface area contributed by atoms with E-state index in [-0.39, 0.29) is 35.8 Å². The van der Waals surface area contributed by atoms with Crippen molar-refractivity contribution in [3.05, 3.63) is 336 Å². The summed E-state index contributed by atoms with van der Waals surface area (Å²) in [6.45, 7) is 12.9. The van der Waals surface area contributed by atoms with Crippen LogP contribution in [0.5, 0.6) is 80.5 Å². The molecule has 624 valence electrons. The minimum atomic E-state index is -0.344. The van der Waals surface area contributed by atoms with E-state index in [0.29, 0.717) is 70.7 Å². The van der Waals surface area contributed by atoms with Crippen molar-refractivity contribution in [2.75, 3.05) is 42.7 Å². The van der Waals surface area contributed by atoms with E-state index in [1.165, 1.54) is 83.1 Å². The third kappa shape index (κ3) is 33.0. The van der Waals surface area contributed by atoms with Crippen LogP contribution in [0.25, 0.3) is 11.1 Å². The van der Waals surface area contributed by atoms with E-state index in [0.717, 1.165) is 80.7 Å². The van der Waals surface area contributed by atoms with Crippen molar-refractivity contribution in [3.63, 3.8) is 0 Å². The smallest absolute Gasteiger partial charge is 0.308 e. The number of esters is 6. The second kappa shape index (κ2) is 50.5. The number of benzene rings is 12. The zero-order chi connectivity index (χ0) is 86.6. The number of para-hydroxylation sites is 3. The Balaban J connectivity index is 0.000000199. The highest BCUT2D eigenvalue weighted by molar-refractivity contribution is 5.73. The van der Waals surface area contributed by atoms with Gasteiger partial charge in [-0.3, -0.25) is 28.8 Å². The van der Waals surface area contributed by atoms with Crippen LogP contribution < -0.4 is 61.6 Å². The molecule has 0 radical (unpaired) electrons. The molecule has 0 saturated carbocycles. The monoisotopic (exact) mass is 1620 g/mol. The maximum Gasteiger partial charge on any atom is 0.308 e. The predicted octanol–water partition coefficient (Wildman–Crippen LogP) is 22.3. The Bertz CT molecular complexity index is 4980. The first kappa shape index (κ1) is 93.2. The van der Waals surface area contributed by atoms with Crippen molar-refractivity contribution < 1.29 is 90.3 Å². The first-order valence-electron chi connectivity index (χ1n) is 39.1. The van der Waals surface area contributed by atoms with Crippen molar-refractivity contribution in [2.45, 2.75) is 106 Å². The van der Waals surface area contributed by atoms with Gasteiger partial charge in [-0.2, -0.15) is 0 Å². The molecule has 0 saturated heterocycles. The van der Waals surface area contributed by atoms with Crippen LogP contribution >= 0.6 is 0 Å². The summed E-state index contributed by atoms with van der Waals surface area (Å²) < 4.78 is 67.2. The normalized spacial score (nSPS) is 10.6. The highest BCUT2D eigenvalue weighted by Crippen LogP contribution is 2.39. The second-order valence-electron chi connectivity index (χ2n) is 27.1. The van der Waals surface area contributed by atoms with Gasteiger partial charge in [-0.1, -0.05) is 173 Å². The number of hydrogen-bond donors (Lipinski definition) is 0. The summed E-state index contributed by atoms with van der Waals surface area (Å²) in [6, 6.07) is 91.9. The number of carbonyl (C=O) groups is 6. The molecule has 19 nitrogen and oxygen atoms in total. The number of methoxy groups -OCH3 is 6. The standard InChI is InChI=1S/C23H30O3.3C16H16O3.C15H14O4.C15H14O3/c1-5-7-8-18(6-2)23(19-9-13-21(25-4)14-10-19)20-11-15-22(16-12-20)26-17(3)24;1-12(17)19-16-9-5-14(6-10-16)11-13-3-7-15(18-2)8-4-13;1-12(17)19-16-10-6-4-8-14(16)11-13-7-3-5-9-15(13)18-2;1-12(17)19-16-6-4-3-5-14(16)11-13-7-9-15(18-2)10-8-13;1-11(16)18-13-7-9-15(10-8-13)19-14-5-3-12(17-2)4-6-14;1-11(16)18-15-9-5-13(6-10-15)12-3-7-14(17-2)8-4-12/h9-16,18,23H,5-8H2,1-4H3;3*3-10H,11H2,1-2H3;3-10H,1-2H3;3-10H,1-2H3. The molecule has 0 aromatic heterocycles. The fourth-order valence-corrected chi connectivity index (χ4v) is 12.4. The fraction of sp³-hybridized carbons (Fsp3) is 0.228. The number of carbonyl (C=O) groups excluding carboxylic acids is 6. The van der Waals surface area contributed by atoms with Crippen LogP contribution in [-0.4, -0.2) is 78.5 Å². The maximum absolute atomic E-state index is 11.2. The zero-order valence-corrected chi connectivity index (χ0v) is 70.6. The van der Waals surface area contributed by atoms with E-state index >= 15 is 0 Å². The summed E-state index contributed by atoms with van der Waals surface area (Å²) in [5.74, 6) is 8.84. The molecule has 0 aliphatic carbocycles. The zero-order valence-electron chi connectivity index (χ0n) is 70.6. The van der Waals surface area contributed by atoms with Crippen molar-refractivity contribution >= 4 is 35.8 Å². The second-order valence-corrected chi connectivity index (χ2v) is 27.1. The molecule has 12 rings (SSSR count). The van der Waals surface area contributed by atoms with Gasteiger partial charge in [-0.15, -0.1) is 0 Å². The Kier molecular flexibility index (Phi) is 39.2. The lowest BCUT2D eigenvalue weighted by Gasteiger charge is -2.28. The molecule has 2 atom stereocenters. The molecule has 120 heavy (non-hydrogen) atoms. The molecule has 0 heterocycles. The molecule has 12 aromatic rings. The van der Waals surface area contributed by atoms with Crippen molar-refractivity contribution in [1.29, 1.82) is 0 Å². The van der Waals surface area contributed by atoms with Gasteiger partial charge in [-0.05, 0) is 226 Å². The van der Waals surface area contributed by atoms with E-state index in [9.17, 15) is 28.8 Å². The van der Waals surface area contributed by atoms with Crippen LogP contribution in [0, 0.1) is 5.92 Å². The average molecular weight is 1620 g/mol. The Labute approximate surface area is 704 Å². The van der Waals surface area contributed by atoms with Gasteiger partial charge in [0.15, 0.2) is 0 Å². The molecule has 0 fully saturated rings. The van der Waals surface area contributed by atoms with Crippen molar-refractivity contribution in [2.24, 2.45) is 5.92 Å². The Morgan fingerprint density at radius 1 is 0.258 bits per heavy atom. The van der Waals surface area contributed by atoms with Gasteiger partial charge >= 0.3 is 35.8 Å². The molecular formula is C101H106O19. The quantitative estimate of drug-likeness (QED) is 0.0328. The largest absolute Gasteiger partial charge is 0.497 e. The molecule has 0 amide bonds. The van der Waals surface area contributed by atoms with Crippen LogP contribution in [0.3, 0.4) is 0 Å². The number of rotatable bonds is 28. The molecule has 0 bridgehead atoms. The number of hydrogen-bond acceptors (Lipinski definition) is 19. The molecule has 19 heteroatoms. The van der Waals surface area contributed by atoms with Gasteiger partial charge in [-0.25, -0.2) is 0 Å². The van der Waals surface area contributed by atoms with Crippen LogP contribution in [0.4, 0.5) is 0 Å². The molecule has 12 aromatic carbocycles. The highest BCUT2D eigenvalue weighted by atomic mass is 16.6. The third-order valence-corrected chi connectivity index (χ3v) is 18.2. The summed E-state index contributed by atoms with van der Waals surface area (Å²) in [5.41, 5.74) is 11.2. The van der Waals surface area contributed by atoms with Crippen LogP contribution in [-0.2, 0) is 48.0 Å². The van der Waals surface area contributed by atoms with Gasteiger partial charge in [0.05, 0.1) is 42.7 Å². The van der Waals surface area contributed by atoms with Crippen molar-refractivity contribution in [3.8, 4) is 91.6 Å². The van der Waals surface area contributed by atoms with E-state index in [4.69, 9.17) is 61.6 Å². The van der Waals surface area contributed by atoms with Gasteiger partial charge in [0, 0.05) is 60.3 Å². The van der Waals surface area contributed by atoms with E-state index in [2.05, 4.69) is 38.1 Å². The molecule has 0 aliphatic heterocycles. The minimum absolute atomic E-state index is 0.293. The average Bonchev–Trinajstić information content (AvgIpc) is 0.810. The molecule has 2 unspecified atom stereocenters. The fourth-order valence-electron chi connectivity index (χ4n) is 12.4. The Morgan fingerprint density at radius 2 is 0.517 bits per heavy atom. The van der Waals surface area contributed by atoms with E-state index in [1.54, 1.807) is 103 Å². The molecule has 0 N–H and O–H groups in total. The lowest BCUT2D eigenvalue weighted by molar-refractivity contribution is -0.132. The first-order valence-corrected chi connectivity index (χ1v) is 39.1. The molecule has 0 spiro atoms. The van der Waals surface area contributed by atoms with Crippen molar-refractivity contribution in [1.82, 2.24) is 0 Å². The summed E-state index contributed by atoms with van der Waals surface area (Å²) >= 11 is 0. The first-order chi connectivity index (χ1) is 58.0. The lowest BCUT2D eigenvalue weighted by atomic mass is 9.77. The van der Waals surface area contributed by atoms with Gasteiger partial charge in [0.25, 0.3) is 0 Å². The molecular weight excluding hydrogens is 1520 g/mol. The Hall–Kier alpha value is -13.9. The van der Waals surface area contributed by atoms with Crippen LogP contribution in [0.1, 0.15) is 131 Å². The van der Waals surface area contributed by atoms with Crippen LogP contribution in [0.15, 0.2) is 291 Å². The topological polar surface area (TPSA) is 222 Å². The Morgan fingerprint density at radius 3 is 0.842 bits per heavy atom. The third-order valence-electron chi connectivity index (χ3n) is 18.2. The minimum Gasteiger partial charge on any atom is -0.497 e. The summed E-state index contributed by atoms with van der Waals surface area (Å²) in [4.78, 5) is 65.7. The summed E-state index contributed by atoms with van der Waals surface area (Å²) in [6.07, 6.45) is 6.98. The number of ether oxygens (including phenoxy) is 13. The maximum atomic E-state index is 11.2. The van der Waals surface area contributed by atoms with Gasteiger partial charge in [0.1, 0.15) is 80.5 Å². The van der Waals surface area contributed by atoms with Gasteiger partial charge in [0.2, 0.25) is 0 Å². The summed E-state index contributed by atoms with van der Waals surface area (Å²) in [5, 5.41) is 0. The van der Waals surface area contributed by atoms with Gasteiger partial charge < -0.3 is 61.6 Å². The van der Waals surface area contributed by atoms with E-state index < -0.39 is 0 Å². The SMILES string of the molecule is CCCCC(CC)C(c1ccc(OC)cc1)c1ccc(OC(C)=O)cc1.COc1ccc(-c2ccc(OC(C)=O)cc2)cc1.COc1ccc(Cc2ccc(OC(C)=O)cc2)cc1.COc1ccc(Cc2ccccc2OC(C)=O)cc1.COc1ccc(Oc2ccc(OC(C)=O)cc2)cc1.COc1ccccc1Cc1ccccc1OC(C)=O. The highest BCUT2D eigenvalue weighted by Gasteiger charge is 2.24. The lowest BCUT2D eigenvalue weighted by Crippen LogP contribution is -2.14. The predicted molar refractivity (Wildman–Crippen MR) is 467 cm³/mol. The summed E-state index contributed by atoms with van der Waals surface area (Å²) in [7, 11) is 9.90. The molecule has 0 aliphatic rings. The number of unbranched alkanes of at least 4 members (excludes halogenated alkanes) is 1.